The molecule has 0 atom stereocenters. The van der Waals surface area contributed by atoms with Gasteiger partial charge >= 0.3 is 150 Å². The topological polar surface area (TPSA) is 6.48 Å². The van der Waals surface area contributed by atoms with Crippen LogP contribution in [0.15, 0.2) is 0 Å². The van der Waals surface area contributed by atoms with Gasteiger partial charge in [0.2, 0.25) is 0 Å². The second-order valence-corrected chi connectivity index (χ2v) is 19.4. The van der Waals surface area contributed by atoms with Crippen molar-refractivity contribution in [1.82, 2.24) is 9.80 Å². The maximum absolute atomic E-state index is 2.68. The standard InChI is InChI=1S/C9H20N.C7H16N.C3H7.In/c1-5-7-10(8-6-2)9(3)4;1-5-6-8(4)7(2)3;1-3-2;/h9H,1,5-8H2,2-4H3;7H,1,5-6H2,2-4H3;3H,1-2H3;. The van der Waals surface area contributed by atoms with Crippen molar-refractivity contribution < 1.29 is 0 Å². The van der Waals surface area contributed by atoms with Crippen molar-refractivity contribution in [1.29, 1.82) is 0 Å². The summed E-state index contributed by atoms with van der Waals surface area (Å²) in [6, 6.07) is 1.41. The van der Waals surface area contributed by atoms with Gasteiger partial charge < -0.3 is 0 Å². The van der Waals surface area contributed by atoms with Gasteiger partial charge in [0.25, 0.3) is 0 Å². The van der Waals surface area contributed by atoms with E-state index in [9.17, 15) is 0 Å². The van der Waals surface area contributed by atoms with Gasteiger partial charge in [-0.15, -0.1) is 0 Å². The van der Waals surface area contributed by atoms with Crippen LogP contribution in [0.2, 0.25) is 12.0 Å². The van der Waals surface area contributed by atoms with Crippen LogP contribution in [0.1, 0.15) is 67.7 Å². The normalized spacial score (nSPS) is 12.4. The van der Waals surface area contributed by atoms with Gasteiger partial charge in [0.15, 0.2) is 0 Å². The number of hydrogen-bond acceptors (Lipinski definition) is 2. The van der Waals surface area contributed by atoms with E-state index in [0.717, 1.165) is 3.67 Å². The quantitative estimate of drug-likeness (QED) is 0.412. The van der Waals surface area contributed by atoms with Gasteiger partial charge in [0.05, 0.1) is 0 Å². The molecule has 0 aliphatic heterocycles. The molecule has 0 spiro atoms. The van der Waals surface area contributed by atoms with Crippen LogP contribution in [0, 0.1) is 0 Å². The molecular weight excluding hydrogens is 371 g/mol. The first-order valence-electron chi connectivity index (χ1n) is 9.73. The van der Waals surface area contributed by atoms with E-state index in [0.29, 0.717) is 12.1 Å². The molecule has 0 saturated heterocycles. The molecule has 0 aliphatic rings. The first-order valence-corrected chi connectivity index (χ1v) is 16.3. The van der Waals surface area contributed by atoms with Crippen LogP contribution in [-0.2, 0) is 0 Å². The fourth-order valence-corrected chi connectivity index (χ4v) is 11.8. The predicted octanol–water partition coefficient (Wildman–Crippen LogP) is 5.13. The van der Waals surface area contributed by atoms with Crippen molar-refractivity contribution in [2.45, 2.75) is 91.8 Å². The fraction of sp³-hybridized carbons (Fsp3) is 1.00. The van der Waals surface area contributed by atoms with Crippen LogP contribution in [0.4, 0.5) is 0 Å². The minimum atomic E-state index is -1.31. The molecular formula is C19H43InN2. The average molecular weight is 414 g/mol. The first kappa shape index (κ1) is 22.8. The molecule has 3 heteroatoms. The van der Waals surface area contributed by atoms with Gasteiger partial charge in [0.1, 0.15) is 0 Å². The molecule has 22 heavy (non-hydrogen) atoms. The summed E-state index contributed by atoms with van der Waals surface area (Å²) in [5.41, 5.74) is 0. The predicted molar refractivity (Wildman–Crippen MR) is 104 cm³/mol. The van der Waals surface area contributed by atoms with Crippen molar-refractivity contribution in [2.24, 2.45) is 0 Å². The zero-order valence-electron chi connectivity index (χ0n) is 16.9. The van der Waals surface area contributed by atoms with Crippen LogP contribution >= 0.6 is 0 Å². The van der Waals surface area contributed by atoms with Gasteiger partial charge in [-0.3, -0.25) is 0 Å². The Kier molecular flexibility index (Phi) is 13.6. The molecule has 0 fully saturated rings. The molecule has 132 valence electrons. The number of rotatable bonds is 13. The molecule has 0 N–H and O–H groups in total. The molecule has 0 aromatic heterocycles. The summed E-state index contributed by atoms with van der Waals surface area (Å²) in [5.74, 6) is 0. The van der Waals surface area contributed by atoms with Gasteiger partial charge in [-0.05, 0) is 0 Å². The summed E-state index contributed by atoms with van der Waals surface area (Å²) in [7, 11) is 2.27. The van der Waals surface area contributed by atoms with E-state index in [-0.39, 0.29) is 0 Å². The van der Waals surface area contributed by atoms with Crippen molar-refractivity contribution in [3.8, 4) is 0 Å². The molecule has 0 heterocycles. The van der Waals surface area contributed by atoms with Crippen LogP contribution in [0.3, 0.4) is 0 Å². The van der Waals surface area contributed by atoms with E-state index in [1.165, 1.54) is 38.9 Å². The van der Waals surface area contributed by atoms with Crippen molar-refractivity contribution in [2.75, 3.05) is 26.7 Å². The molecule has 0 rings (SSSR count). The molecule has 0 aromatic carbocycles. The number of nitrogens with zero attached hydrogens (tertiary/aromatic N) is 2. The fourth-order valence-electron chi connectivity index (χ4n) is 3.14. The second kappa shape index (κ2) is 13.1. The van der Waals surface area contributed by atoms with Crippen LogP contribution in [0.25, 0.3) is 0 Å². The Bertz CT molecular complexity index is 254. The Morgan fingerprint density at radius 1 is 0.773 bits per heavy atom. The van der Waals surface area contributed by atoms with E-state index in [4.69, 9.17) is 0 Å². The third-order valence-corrected chi connectivity index (χ3v) is 17.1. The Labute approximate surface area is 149 Å². The Hall–Kier alpha value is 0.790. The summed E-state index contributed by atoms with van der Waals surface area (Å²) in [5, 5.41) is 0. The van der Waals surface area contributed by atoms with E-state index < -0.39 is 21.4 Å². The molecule has 0 bridgehead atoms. The van der Waals surface area contributed by atoms with Gasteiger partial charge in [0, 0.05) is 0 Å². The summed E-state index contributed by atoms with van der Waals surface area (Å²) in [6.45, 7) is 20.5. The summed E-state index contributed by atoms with van der Waals surface area (Å²) in [4.78, 5) is 5.18. The third kappa shape index (κ3) is 10.5. The Morgan fingerprint density at radius 2 is 1.32 bits per heavy atom. The van der Waals surface area contributed by atoms with Gasteiger partial charge in [-0.1, -0.05) is 0 Å². The summed E-state index contributed by atoms with van der Waals surface area (Å²) in [6.07, 6.45) is 4.18. The molecule has 0 amide bonds. The summed E-state index contributed by atoms with van der Waals surface area (Å²) >= 11 is -1.31. The SMILES string of the molecule is CCCN(CC[CH2][In]([CH2]CCN(C)C(C)C)[CH](C)C)C(C)C. The minimum absolute atomic E-state index is 0.696. The van der Waals surface area contributed by atoms with Crippen LogP contribution in [0.5, 0.6) is 0 Å². The van der Waals surface area contributed by atoms with E-state index in [1.807, 2.05) is 0 Å². The van der Waals surface area contributed by atoms with Crippen molar-refractivity contribution in [3.05, 3.63) is 0 Å². The van der Waals surface area contributed by atoms with Crippen LogP contribution in [-0.4, -0.2) is 70.0 Å². The Balaban J connectivity index is 4.08. The number of hydrogen-bond donors (Lipinski definition) is 0. The van der Waals surface area contributed by atoms with E-state index >= 15 is 0 Å². The molecule has 0 radical (unpaired) electrons. The van der Waals surface area contributed by atoms with Crippen LogP contribution < -0.4 is 0 Å². The Morgan fingerprint density at radius 3 is 1.73 bits per heavy atom. The van der Waals surface area contributed by atoms with Crippen molar-refractivity contribution >= 4 is 21.4 Å². The molecule has 2 nitrogen and oxygen atoms in total. The summed E-state index contributed by atoms with van der Waals surface area (Å²) < 4.78 is 4.24. The molecule has 0 unspecified atom stereocenters. The average Bonchev–Trinajstić information content (AvgIpc) is 2.43. The first-order chi connectivity index (χ1) is 10.3. The van der Waals surface area contributed by atoms with Crippen molar-refractivity contribution in [3.63, 3.8) is 0 Å². The van der Waals surface area contributed by atoms with E-state index in [2.05, 4.69) is 65.3 Å². The molecule has 0 saturated carbocycles. The maximum atomic E-state index is 2.68. The van der Waals surface area contributed by atoms with Gasteiger partial charge in [-0.25, -0.2) is 0 Å². The van der Waals surface area contributed by atoms with E-state index in [1.54, 1.807) is 8.35 Å². The van der Waals surface area contributed by atoms with Gasteiger partial charge in [-0.2, -0.15) is 0 Å². The molecule has 0 aromatic rings. The monoisotopic (exact) mass is 414 g/mol. The third-order valence-electron chi connectivity index (χ3n) is 5.17. The molecule has 0 aliphatic carbocycles. The zero-order valence-corrected chi connectivity index (χ0v) is 20.2. The second-order valence-electron chi connectivity index (χ2n) is 7.99. The zero-order chi connectivity index (χ0) is 17.1.